The Balaban J connectivity index is 1.32. The van der Waals surface area contributed by atoms with Crippen LogP contribution < -0.4 is 9.61 Å². The van der Waals surface area contributed by atoms with Gasteiger partial charge in [-0.2, -0.15) is 13.5 Å². The Bertz CT molecular complexity index is 1480. The highest BCUT2D eigenvalue weighted by atomic mass is 32.2. The Labute approximate surface area is 203 Å². The van der Waals surface area contributed by atoms with E-state index in [1.54, 1.807) is 12.1 Å². The van der Waals surface area contributed by atoms with Gasteiger partial charge in [0.25, 0.3) is 11.6 Å². The molecule has 0 spiro atoms. The number of hydrogen-bond donors (Lipinski definition) is 2. The molecule has 3 aromatic carbocycles. The van der Waals surface area contributed by atoms with Crippen molar-refractivity contribution in [3.8, 4) is 5.75 Å². The number of hydrogen-bond acceptors (Lipinski definition) is 9. The third kappa shape index (κ3) is 6.22. The molecule has 1 amide bonds. The van der Waals surface area contributed by atoms with Crippen LogP contribution in [0.25, 0.3) is 11.0 Å². The lowest BCUT2D eigenvalue weighted by molar-refractivity contribution is -0.384. The van der Waals surface area contributed by atoms with Crippen molar-refractivity contribution in [2.45, 2.75) is 10.1 Å². The average molecular weight is 512 g/mol. The number of nitro groups is 1. The number of amides is 1. The fourth-order valence-corrected chi connectivity index (χ4v) is 4.50. The number of carbonyl (C=O) groups is 1. The molecule has 0 saturated heterocycles. The van der Waals surface area contributed by atoms with Crippen LogP contribution >= 0.6 is 11.8 Å². The summed E-state index contributed by atoms with van der Waals surface area (Å²) in [6.07, 6.45) is 1.34. The van der Waals surface area contributed by atoms with Crippen molar-refractivity contribution in [2.24, 2.45) is 5.10 Å². The summed E-state index contributed by atoms with van der Waals surface area (Å²) in [6.45, 7) is 0. The van der Waals surface area contributed by atoms with Crippen molar-refractivity contribution in [3.05, 3.63) is 88.5 Å². The molecule has 0 fully saturated rings. The number of thioether (sulfide) groups is 1. The number of imidazole rings is 1. The maximum absolute atomic E-state index is 12.5. The highest BCUT2D eigenvalue weighted by molar-refractivity contribution is 7.99. The summed E-state index contributed by atoms with van der Waals surface area (Å²) in [5.41, 5.74) is 4.33. The summed E-state index contributed by atoms with van der Waals surface area (Å²) < 4.78 is 30.0. The van der Waals surface area contributed by atoms with Gasteiger partial charge in [0.1, 0.15) is 10.6 Å². The molecule has 0 radical (unpaired) electrons. The number of aromatic amines is 1. The highest BCUT2D eigenvalue weighted by Crippen LogP contribution is 2.22. The van der Waals surface area contributed by atoms with Crippen molar-refractivity contribution in [1.82, 2.24) is 15.4 Å². The minimum atomic E-state index is -4.20. The average Bonchev–Trinajstić information content (AvgIpc) is 3.26. The second-order valence-corrected chi connectivity index (χ2v) is 9.51. The Kier molecular flexibility index (Phi) is 7.08. The molecule has 1 heterocycles. The number of para-hydroxylation sites is 2. The van der Waals surface area contributed by atoms with Crippen LogP contribution in [0.4, 0.5) is 5.69 Å². The first-order chi connectivity index (χ1) is 16.8. The number of nitrogens with one attached hydrogen (secondary N) is 2. The van der Waals surface area contributed by atoms with Gasteiger partial charge < -0.3 is 9.17 Å². The fraction of sp³-hybridized carbons (Fsp3) is 0.0455. The van der Waals surface area contributed by atoms with Gasteiger partial charge in [-0.25, -0.2) is 10.4 Å². The van der Waals surface area contributed by atoms with Gasteiger partial charge in [-0.3, -0.25) is 14.9 Å². The van der Waals surface area contributed by atoms with Crippen LogP contribution in [-0.4, -0.2) is 41.2 Å². The number of benzene rings is 3. The molecule has 4 rings (SSSR count). The Morgan fingerprint density at radius 3 is 2.66 bits per heavy atom. The van der Waals surface area contributed by atoms with E-state index in [9.17, 15) is 23.3 Å². The van der Waals surface area contributed by atoms with Gasteiger partial charge in [0.2, 0.25) is 0 Å². The van der Waals surface area contributed by atoms with E-state index < -0.39 is 15.0 Å². The van der Waals surface area contributed by atoms with Crippen LogP contribution in [0.2, 0.25) is 0 Å². The molecule has 0 aliphatic heterocycles. The van der Waals surface area contributed by atoms with E-state index in [4.69, 9.17) is 4.18 Å². The van der Waals surface area contributed by atoms with Gasteiger partial charge in [-0.05, 0) is 42.0 Å². The lowest BCUT2D eigenvalue weighted by Gasteiger charge is -2.07. The summed E-state index contributed by atoms with van der Waals surface area (Å²) >= 11 is 1.23. The number of non-ortho nitro benzene ring substituents is 1. The predicted molar refractivity (Wildman–Crippen MR) is 130 cm³/mol. The topological polar surface area (TPSA) is 157 Å². The third-order valence-corrected chi connectivity index (χ3v) is 6.65. The fourth-order valence-electron chi connectivity index (χ4n) is 2.90. The van der Waals surface area contributed by atoms with E-state index >= 15 is 0 Å². The lowest BCUT2D eigenvalue weighted by Crippen LogP contribution is -2.19. The number of nitrogens with zero attached hydrogens (tertiary/aromatic N) is 3. The predicted octanol–water partition coefficient (Wildman–Crippen LogP) is 3.48. The number of nitro benzene ring substituents is 1. The summed E-state index contributed by atoms with van der Waals surface area (Å²) in [6, 6.07) is 17.9. The summed E-state index contributed by atoms with van der Waals surface area (Å²) in [4.78, 5) is 29.4. The zero-order chi connectivity index (χ0) is 24.8. The van der Waals surface area contributed by atoms with Crippen molar-refractivity contribution in [2.75, 3.05) is 5.75 Å². The normalized spacial score (nSPS) is 11.5. The molecule has 0 aliphatic carbocycles. The Morgan fingerprint density at radius 1 is 1.14 bits per heavy atom. The van der Waals surface area contributed by atoms with E-state index in [0.29, 0.717) is 10.7 Å². The molecule has 35 heavy (non-hydrogen) atoms. The second kappa shape index (κ2) is 10.4. The molecule has 0 bridgehead atoms. The minimum absolute atomic E-state index is 0.0130. The Morgan fingerprint density at radius 2 is 1.91 bits per heavy atom. The van der Waals surface area contributed by atoms with Crippen molar-refractivity contribution < 1.29 is 22.3 Å². The molecule has 11 nitrogen and oxygen atoms in total. The summed E-state index contributed by atoms with van der Waals surface area (Å²) in [5.74, 6) is -0.243. The van der Waals surface area contributed by atoms with Crippen molar-refractivity contribution >= 4 is 50.7 Å². The van der Waals surface area contributed by atoms with Crippen LogP contribution in [0.1, 0.15) is 5.56 Å². The van der Waals surface area contributed by atoms with E-state index in [0.717, 1.165) is 35.3 Å². The number of aromatic nitrogens is 2. The molecule has 1 aromatic heterocycles. The molecule has 178 valence electrons. The monoisotopic (exact) mass is 511 g/mol. The van der Waals surface area contributed by atoms with Crippen LogP contribution in [0.15, 0.2) is 87.9 Å². The summed E-state index contributed by atoms with van der Waals surface area (Å²) in [5, 5.41) is 15.2. The van der Waals surface area contributed by atoms with E-state index in [1.165, 1.54) is 30.1 Å². The number of fused-ring (bicyclic) bond motifs is 1. The van der Waals surface area contributed by atoms with Crippen LogP contribution in [0.5, 0.6) is 5.75 Å². The third-order valence-electron chi connectivity index (χ3n) is 4.51. The molecule has 0 saturated carbocycles. The van der Waals surface area contributed by atoms with Gasteiger partial charge in [0.15, 0.2) is 5.16 Å². The lowest BCUT2D eigenvalue weighted by atomic mass is 10.2. The summed E-state index contributed by atoms with van der Waals surface area (Å²) in [7, 11) is -4.20. The zero-order valence-electron chi connectivity index (χ0n) is 17.8. The number of H-pyrrole nitrogens is 1. The first-order valence-electron chi connectivity index (χ1n) is 9.99. The van der Waals surface area contributed by atoms with Crippen LogP contribution in [-0.2, 0) is 14.9 Å². The minimum Gasteiger partial charge on any atom is -0.379 e. The number of hydrazone groups is 1. The van der Waals surface area contributed by atoms with Gasteiger partial charge >= 0.3 is 10.1 Å². The first-order valence-corrected chi connectivity index (χ1v) is 12.4. The van der Waals surface area contributed by atoms with E-state index in [2.05, 4.69) is 20.5 Å². The maximum atomic E-state index is 12.5. The molecule has 13 heteroatoms. The van der Waals surface area contributed by atoms with Crippen molar-refractivity contribution in [3.63, 3.8) is 0 Å². The molecular formula is C22H17N5O6S2. The molecule has 0 atom stereocenters. The van der Waals surface area contributed by atoms with Crippen LogP contribution in [0, 0.1) is 10.1 Å². The largest absolute Gasteiger partial charge is 0.379 e. The maximum Gasteiger partial charge on any atom is 0.339 e. The first kappa shape index (κ1) is 23.9. The molecule has 4 aromatic rings. The number of carbonyl (C=O) groups excluding carboxylic acids is 1. The van der Waals surface area contributed by atoms with Gasteiger partial charge in [-0.1, -0.05) is 36.0 Å². The number of rotatable bonds is 9. The van der Waals surface area contributed by atoms with Crippen LogP contribution in [0.3, 0.4) is 0 Å². The quantitative estimate of drug-likeness (QED) is 0.114. The molecule has 0 unspecified atom stereocenters. The highest BCUT2D eigenvalue weighted by Gasteiger charge is 2.18. The van der Waals surface area contributed by atoms with Crippen molar-refractivity contribution in [1.29, 1.82) is 0 Å². The van der Waals surface area contributed by atoms with E-state index in [-0.39, 0.29) is 28.0 Å². The molecule has 0 aliphatic rings. The smallest absolute Gasteiger partial charge is 0.339 e. The SMILES string of the molecule is O=C(CSc1nc2ccccc2[nH]1)N/N=C\c1cccc(OS(=O)(=O)c2ccc([N+](=O)[O-])cc2)c1. The van der Waals surface area contributed by atoms with Gasteiger partial charge in [0, 0.05) is 12.1 Å². The van der Waals surface area contributed by atoms with E-state index in [1.807, 2.05) is 24.3 Å². The standard InChI is InChI=1S/C22H17N5O6S2/c28-21(14-34-22-24-19-6-1-2-7-20(19)25-22)26-23-13-15-4-3-5-17(12-15)33-35(31,32)18-10-8-16(9-11-18)27(29)30/h1-13H,14H2,(H,24,25)(H,26,28)/b23-13-. The Hall–Kier alpha value is -4.23. The second-order valence-electron chi connectivity index (χ2n) is 7.00. The molecule has 2 N–H and O–H groups in total. The molecular weight excluding hydrogens is 494 g/mol. The van der Waals surface area contributed by atoms with Gasteiger partial charge in [-0.15, -0.1) is 0 Å². The zero-order valence-corrected chi connectivity index (χ0v) is 19.5. The van der Waals surface area contributed by atoms with Gasteiger partial charge in [0.05, 0.1) is 27.9 Å².